The summed E-state index contributed by atoms with van der Waals surface area (Å²) in [5.74, 6) is 3.40. The monoisotopic (exact) mass is 261 g/mol. The van der Waals surface area contributed by atoms with Crippen LogP contribution < -0.4 is 0 Å². The van der Waals surface area contributed by atoms with Crippen LogP contribution in [0.4, 0.5) is 0 Å². The lowest BCUT2D eigenvalue weighted by molar-refractivity contribution is -0.171. The van der Waals surface area contributed by atoms with Gasteiger partial charge in [-0.15, -0.1) is 0 Å². The number of amides is 2. The molecule has 4 aliphatic rings. The number of β-lactam (4-membered cyclic amide) rings is 1. The Bertz CT molecular complexity index is 464. The minimum Gasteiger partial charge on any atom is -0.278 e. The van der Waals surface area contributed by atoms with Crippen LogP contribution in [0.2, 0.25) is 0 Å². The fourth-order valence-corrected chi connectivity index (χ4v) is 5.48. The first-order chi connectivity index (χ1) is 8.89. The van der Waals surface area contributed by atoms with Gasteiger partial charge >= 0.3 is 0 Å². The minimum absolute atomic E-state index is 0.0437. The van der Waals surface area contributed by atoms with Crippen molar-refractivity contribution in [2.24, 2.45) is 35.0 Å². The van der Waals surface area contributed by atoms with Gasteiger partial charge in [0, 0.05) is 5.41 Å². The summed E-state index contributed by atoms with van der Waals surface area (Å²) in [5, 5.41) is 0. The fraction of sp³-hybridized carbons (Fsp3) is 0.875. The Hall–Kier alpha value is -0.860. The van der Waals surface area contributed by atoms with Crippen LogP contribution in [-0.4, -0.2) is 22.8 Å². The van der Waals surface area contributed by atoms with Gasteiger partial charge in [0.2, 0.25) is 11.8 Å². The van der Waals surface area contributed by atoms with Crippen molar-refractivity contribution in [1.29, 1.82) is 0 Å². The summed E-state index contributed by atoms with van der Waals surface area (Å²) in [7, 11) is 0. The van der Waals surface area contributed by atoms with Gasteiger partial charge in [-0.2, -0.15) is 0 Å². The number of rotatable bonds is 0. The molecule has 3 heteroatoms. The zero-order valence-electron chi connectivity index (χ0n) is 12.1. The van der Waals surface area contributed by atoms with Crippen LogP contribution in [-0.2, 0) is 9.59 Å². The van der Waals surface area contributed by atoms with E-state index in [2.05, 4.69) is 0 Å². The highest BCUT2D eigenvalue weighted by molar-refractivity contribution is 6.04. The van der Waals surface area contributed by atoms with Gasteiger partial charge in [-0.3, -0.25) is 14.5 Å². The summed E-state index contributed by atoms with van der Waals surface area (Å²) in [6.07, 6.45) is 5.14. The van der Waals surface area contributed by atoms with Crippen molar-refractivity contribution in [3.8, 4) is 0 Å². The molecule has 1 heterocycles. The standard InChI is InChI=1S/C16H23NO2/c1-16(2,3)15(19)17-13-11(14(17)18)7-10-8-4-5-9(6-8)12(10)13/h8-13H,4-7H2,1-3H3. The van der Waals surface area contributed by atoms with E-state index in [-0.39, 0.29) is 23.8 Å². The molecule has 4 rings (SSSR count). The van der Waals surface area contributed by atoms with E-state index in [1.165, 1.54) is 19.3 Å². The third kappa shape index (κ3) is 1.34. The molecule has 6 atom stereocenters. The van der Waals surface area contributed by atoms with Crippen LogP contribution >= 0.6 is 0 Å². The second-order valence-electron chi connectivity index (χ2n) is 8.17. The number of likely N-dealkylation sites (tertiary alicyclic amines) is 1. The van der Waals surface area contributed by atoms with Gasteiger partial charge in [-0.05, 0) is 49.4 Å². The second-order valence-corrected chi connectivity index (χ2v) is 8.17. The van der Waals surface area contributed by atoms with Crippen LogP contribution in [0.15, 0.2) is 0 Å². The summed E-state index contributed by atoms with van der Waals surface area (Å²) in [5.41, 5.74) is -0.434. The molecule has 1 aliphatic heterocycles. The first-order valence-corrected chi connectivity index (χ1v) is 7.77. The van der Waals surface area contributed by atoms with Gasteiger partial charge in [-0.1, -0.05) is 20.8 Å². The Morgan fingerprint density at radius 1 is 1.16 bits per heavy atom. The maximum Gasteiger partial charge on any atom is 0.234 e. The van der Waals surface area contributed by atoms with Crippen molar-refractivity contribution in [2.45, 2.75) is 52.5 Å². The van der Waals surface area contributed by atoms with E-state index in [1.54, 1.807) is 4.90 Å². The molecule has 3 saturated carbocycles. The van der Waals surface area contributed by atoms with Crippen LogP contribution in [0.3, 0.4) is 0 Å². The van der Waals surface area contributed by atoms with Gasteiger partial charge in [0.1, 0.15) is 0 Å². The summed E-state index contributed by atoms with van der Waals surface area (Å²) >= 11 is 0. The molecule has 0 N–H and O–H groups in total. The molecule has 0 aromatic rings. The minimum atomic E-state index is -0.434. The Labute approximate surface area is 114 Å². The average Bonchev–Trinajstić information content (AvgIpc) is 2.97. The molecule has 2 amide bonds. The molecule has 0 aromatic heterocycles. The summed E-state index contributed by atoms with van der Waals surface area (Å²) < 4.78 is 0. The maximum atomic E-state index is 12.5. The zero-order valence-corrected chi connectivity index (χ0v) is 12.1. The number of imide groups is 1. The molecule has 0 spiro atoms. The first kappa shape index (κ1) is 11.9. The summed E-state index contributed by atoms with van der Waals surface area (Å²) in [6, 6.07) is 0.263. The van der Waals surface area contributed by atoms with E-state index in [4.69, 9.17) is 0 Å². The zero-order chi connectivity index (χ0) is 13.5. The second kappa shape index (κ2) is 3.42. The van der Waals surface area contributed by atoms with Crippen molar-refractivity contribution in [2.75, 3.05) is 0 Å². The fourth-order valence-electron chi connectivity index (χ4n) is 5.48. The van der Waals surface area contributed by atoms with E-state index in [9.17, 15) is 9.59 Å². The molecule has 4 fully saturated rings. The van der Waals surface area contributed by atoms with Gasteiger partial charge in [-0.25, -0.2) is 0 Å². The number of nitrogens with zero attached hydrogens (tertiary/aromatic N) is 1. The van der Waals surface area contributed by atoms with Gasteiger partial charge < -0.3 is 0 Å². The predicted octanol–water partition coefficient (Wildman–Crippen LogP) is 2.45. The molecule has 1 saturated heterocycles. The van der Waals surface area contributed by atoms with E-state index < -0.39 is 5.41 Å². The van der Waals surface area contributed by atoms with E-state index in [0.29, 0.717) is 5.92 Å². The molecule has 104 valence electrons. The lowest BCUT2D eigenvalue weighted by Crippen LogP contribution is -2.65. The highest BCUT2D eigenvalue weighted by Crippen LogP contribution is 2.64. The Balaban J connectivity index is 1.63. The lowest BCUT2D eigenvalue weighted by Gasteiger charge is -2.48. The molecule has 2 bridgehead atoms. The molecule has 0 radical (unpaired) electrons. The van der Waals surface area contributed by atoms with Crippen LogP contribution in [0.1, 0.15) is 46.5 Å². The Kier molecular flexibility index (Phi) is 2.15. The van der Waals surface area contributed by atoms with Crippen molar-refractivity contribution < 1.29 is 9.59 Å². The van der Waals surface area contributed by atoms with E-state index >= 15 is 0 Å². The number of fused-ring (bicyclic) bond motifs is 7. The third-order valence-corrected chi connectivity index (χ3v) is 6.20. The number of hydrogen-bond donors (Lipinski definition) is 0. The first-order valence-electron chi connectivity index (χ1n) is 7.77. The molecule has 6 unspecified atom stereocenters. The molecule has 3 aliphatic carbocycles. The smallest absolute Gasteiger partial charge is 0.234 e. The largest absolute Gasteiger partial charge is 0.278 e. The van der Waals surface area contributed by atoms with Crippen molar-refractivity contribution in [3.63, 3.8) is 0 Å². The summed E-state index contributed by atoms with van der Waals surface area (Å²) in [4.78, 5) is 26.4. The average molecular weight is 261 g/mol. The van der Waals surface area contributed by atoms with E-state index in [0.717, 1.165) is 24.2 Å². The highest BCUT2D eigenvalue weighted by atomic mass is 16.2. The number of carbonyl (C=O) groups is 2. The van der Waals surface area contributed by atoms with Gasteiger partial charge in [0.25, 0.3) is 0 Å². The third-order valence-electron chi connectivity index (χ3n) is 6.20. The number of carbonyl (C=O) groups excluding carboxylic acids is 2. The van der Waals surface area contributed by atoms with Gasteiger partial charge in [0.05, 0.1) is 12.0 Å². The summed E-state index contributed by atoms with van der Waals surface area (Å²) in [6.45, 7) is 5.76. The normalized spacial score (nSPS) is 47.1. The maximum absolute atomic E-state index is 12.5. The molecule has 19 heavy (non-hydrogen) atoms. The topological polar surface area (TPSA) is 37.4 Å². The highest BCUT2D eigenvalue weighted by Gasteiger charge is 2.67. The van der Waals surface area contributed by atoms with Crippen LogP contribution in [0, 0.1) is 35.0 Å². The SMILES string of the molecule is CC(C)(C)C(=O)N1C(=O)C2CC3C4CCC(C4)C3C21. The Morgan fingerprint density at radius 2 is 1.84 bits per heavy atom. The van der Waals surface area contributed by atoms with Crippen LogP contribution in [0.5, 0.6) is 0 Å². The molecular weight excluding hydrogens is 238 g/mol. The lowest BCUT2D eigenvalue weighted by atomic mass is 9.76. The molecule has 3 nitrogen and oxygen atoms in total. The Morgan fingerprint density at radius 3 is 2.53 bits per heavy atom. The van der Waals surface area contributed by atoms with Crippen LogP contribution in [0.25, 0.3) is 0 Å². The van der Waals surface area contributed by atoms with Gasteiger partial charge in [0.15, 0.2) is 0 Å². The van der Waals surface area contributed by atoms with Crippen molar-refractivity contribution in [3.05, 3.63) is 0 Å². The molecule has 0 aromatic carbocycles. The van der Waals surface area contributed by atoms with E-state index in [1.807, 2.05) is 20.8 Å². The number of hydrogen-bond acceptors (Lipinski definition) is 2. The predicted molar refractivity (Wildman–Crippen MR) is 71.0 cm³/mol. The molecular formula is C16H23NO2. The van der Waals surface area contributed by atoms with Crippen molar-refractivity contribution >= 4 is 11.8 Å². The quantitative estimate of drug-likeness (QED) is 0.628. The van der Waals surface area contributed by atoms with Crippen molar-refractivity contribution in [1.82, 2.24) is 4.90 Å².